The lowest BCUT2D eigenvalue weighted by molar-refractivity contribution is 0.320. The van der Waals surface area contributed by atoms with Gasteiger partial charge in [-0.1, -0.05) is 20.8 Å². The summed E-state index contributed by atoms with van der Waals surface area (Å²) in [6, 6.07) is 0. The van der Waals surface area contributed by atoms with Crippen LogP contribution in [0.3, 0.4) is 0 Å². The van der Waals surface area contributed by atoms with E-state index in [-0.39, 0.29) is 0 Å². The van der Waals surface area contributed by atoms with Crippen LogP contribution in [0.4, 0.5) is 0 Å². The minimum atomic E-state index is 0.337. The van der Waals surface area contributed by atoms with Crippen LogP contribution >= 0.6 is 0 Å². The van der Waals surface area contributed by atoms with Gasteiger partial charge in [0.2, 0.25) is 0 Å². The Balaban J connectivity index is 4.07. The highest BCUT2D eigenvalue weighted by atomic mass is 15.2. The van der Waals surface area contributed by atoms with Crippen LogP contribution in [0.25, 0.3) is 0 Å². The molecule has 0 aromatic rings. The van der Waals surface area contributed by atoms with E-state index in [1.165, 1.54) is 0 Å². The van der Waals surface area contributed by atoms with Gasteiger partial charge in [-0.25, -0.2) is 0 Å². The number of likely N-dealkylation sites (N-methyl/N-ethyl adjacent to an activating group) is 1. The van der Waals surface area contributed by atoms with Crippen molar-refractivity contribution in [1.82, 2.24) is 9.80 Å². The second kappa shape index (κ2) is 6.82. The Bertz CT molecular complexity index is 164. The van der Waals surface area contributed by atoms with Gasteiger partial charge in [-0.3, -0.25) is 5.41 Å². The zero-order valence-electron chi connectivity index (χ0n) is 10.3. The van der Waals surface area contributed by atoms with Gasteiger partial charge in [0.25, 0.3) is 0 Å². The van der Waals surface area contributed by atoms with E-state index >= 15 is 0 Å². The van der Waals surface area contributed by atoms with Crippen molar-refractivity contribution in [1.29, 1.82) is 5.41 Å². The highest BCUT2D eigenvalue weighted by Gasteiger charge is 2.11. The highest BCUT2D eigenvalue weighted by molar-refractivity contribution is 5.80. The van der Waals surface area contributed by atoms with Crippen LogP contribution in [0.2, 0.25) is 0 Å². The fraction of sp³-hybridized carbons (Fsp3) is 0.909. The monoisotopic (exact) mass is 199 g/mol. The smallest absolute Gasteiger partial charge is 0.0984 e. The molecule has 0 fully saturated rings. The van der Waals surface area contributed by atoms with Gasteiger partial charge in [-0.2, -0.15) is 0 Å². The molecule has 84 valence electrons. The molecule has 1 N–H and O–H groups in total. The fourth-order valence-electron chi connectivity index (χ4n) is 1.31. The number of hydrogen-bond acceptors (Lipinski definition) is 2. The first-order valence-electron chi connectivity index (χ1n) is 5.47. The second-order valence-corrected chi connectivity index (χ2v) is 4.33. The van der Waals surface area contributed by atoms with Gasteiger partial charge in [-0.15, -0.1) is 0 Å². The van der Waals surface area contributed by atoms with Crippen LogP contribution in [0.1, 0.15) is 27.2 Å². The summed E-state index contributed by atoms with van der Waals surface area (Å²) < 4.78 is 0. The topological polar surface area (TPSA) is 30.3 Å². The lowest BCUT2D eigenvalue weighted by atomic mass is 10.1. The van der Waals surface area contributed by atoms with Crippen LogP contribution < -0.4 is 0 Å². The van der Waals surface area contributed by atoms with E-state index < -0.39 is 0 Å². The van der Waals surface area contributed by atoms with Gasteiger partial charge in [-0.05, 0) is 20.5 Å². The summed E-state index contributed by atoms with van der Waals surface area (Å²) in [7, 11) is 4.15. The molecule has 0 atom stereocenters. The molecular formula is C11H25N3. The molecule has 0 aliphatic heterocycles. The largest absolute Gasteiger partial charge is 0.359 e. The minimum absolute atomic E-state index is 0.337. The maximum absolute atomic E-state index is 7.96. The van der Waals surface area contributed by atoms with E-state index in [4.69, 9.17) is 5.41 Å². The Kier molecular flexibility index (Phi) is 6.54. The Morgan fingerprint density at radius 2 is 1.71 bits per heavy atom. The first-order valence-corrected chi connectivity index (χ1v) is 5.47. The van der Waals surface area contributed by atoms with Crippen LogP contribution in [-0.2, 0) is 0 Å². The molecule has 0 saturated carbocycles. The van der Waals surface area contributed by atoms with Gasteiger partial charge in [0.15, 0.2) is 0 Å². The van der Waals surface area contributed by atoms with Crippen LogP contribution in [-0.4, -0.2) is 49.4 Å². The Morgan fingerprint density at radius 3 is 2.07 bits per heavy atom. The predicted molar refractivity (Wildman–Crippen MR) is 63.0 cm³/mol. The molecule has 0 aromatic carbocycles. The summed E-state index contributed by atoms with van der Waals surface area (Å²) in [6.07, 6.45) is 1.11. The molecule has 0 heterocycles. The molecule has 14 heavy (non-hydrogen) atoms. The quantitative estimate of drug-likeness (QED) is 0.523. The maximum atomic E-state index is 7.96. The molecule has 3 heteroatoms. The van der Waals surface area contributed by atoms with E-state index in [1.807, 2.05) is 0 Å². The summed E-state index contributed by atoms with van der Waals surface area (Å²) in [6.45, 7) is 9.33. The normalized spacial score (nSPS) is 11.1. The summed E-state index contributed by atoms with van der Waals surface area (Å²) in [5, 5.41) is 7.96. The van der Waals surface area contributed by atoms with E-state index in [0.29, 0.717) is 5.92 Å². The standard InChI is InChI=1S/C11H25N3/c1-6-7-14(9-8-13(4)5)11(12)10(2)3/h10,12H,6-9H2,1-5H3. The highest BCUT2D eigenvalue weighted by Crippen LogP contribution is 2.02. The maximum Gasteiger partial charge on any atom is 0.0984 e. The Morgan fingerprint density at radius 1 is 1.14 bits per heavy atom. The average Bonchev–Trinajstić information content (AvgIpc) is 2.10. The third-order valence-electron chi connectivity index (χ3n) is 2.20. The number of rotatable bonds is 6. The molecule has 0 aliphatic rings. The first-order chi connectivity index (χ1) is 6.49. The number of hydrogen-bond donors (Lipinski definition) is 1. The summed E-state index contributed by atoms with van der Waals surface area (Å²) in [5.74, 6) is 1.11. The van der Waals surface area contributed by atoms with Crippen LogP contribution in [0.5, 0.6) is 0 Å². The van der Waals surface area contributed by atoms with Crippen molar-refractivity contribution in [2.24, 2.45) is 5.92 Å². The summed E-state index contributed by atoms with van der Waals surface area (Å²) >= 11 is 0. The predicted octanol–water partition coefficient (Wildman–Crippen LogP) is 1.89. The molecule has 3 nitrogen and oxygen atoms in total. The van der Waals surface area contributed by atoms with E-state index in [2.05, 4.69) is 44.7 Å². The summed E-state index contributed by atoms with van der Waals surface area (Å²) in [4.78, 5) is 4.35. The van der Waals surface area contributed by atoms with Crippen molar-refractivity contribution in [3.63, 3.8) is 0 Å². The first kappa shape index (κ1) is 13.4. The van der Waals surface area contributed by atoms with Crippen molar-refractivity contribution in [2.75, 3.05) is 33.7 Å². The number of amidine groups is 1. The Hall–Kier alpha value is -0.570. The molecule has 0 saturated heterocycles. The van der Waals surface area contributed by atoms with Crippen molar-refractivity contribution >= 4 is 5.84 Å². The molecule has 0 radical (unpaired) electrons. The average molecular weight is 199 g/mol. The third-order valence-corrected chi connectivity index (χ3v) is 2.20. The Labute approximate surface area is 88.6 Å². The van der Waals surface area contributed by atoms with E-state index in [1.54, 1.807) is 0 Å². The third kappa shape index (κ3) is 5.22. The fourth-order valence-corrected chi connectivity index (χ4v) is 1.31. The SMILES string of the molecule is CCCN(CCN(C)C)C(=N)C(C)C. The van der Waals surface area contributed by atoms with Gasteiger partial charge >= 0.3 is 0 Å². The van der Waals surface area contributed by atoms with Crippen LogP contribution in [0.15, 0.2) is 0 Å². The van der Waals surface area contributed by atoms with Gasteiger partial charge in [0.1, 0.15) is 0 Å². The summed E-state index contributed by atoms with van der Waals surface area (Å²) in [5.41, 5.74) is 0. The molecule has 0 spiro atoms. The molecular weight excluding hydrogens is 174 g/mol. The molecule has 0 unspecified atom stereocenters. The van der Waals surface area contributed by atoms with Gasteiger partial charge in [0, 0.05) is 25.6 Å². The molecule has 0 rings (SSSR count). The number of nitrogens with zero attached hydrogens (tertiary/aromatic N) is 2. The second-order valence-electron chi connectivity index (χ2n) is 4.33. The van der Waals surface area contributed by atoms with Crippen molar-refractivity contribution in [3.05, 3.63) is 0 Å². The van der Waals surface area contributed by atoms with Crippen molar-refractivity contribution in [3.8, 4) is 0 Å². The number of nitrogens with one attached hydrogen (secondary N) is 1. The lowest BCUT2D eigenvalue weighted by Gasteiger charge is -2.28. The van der Waals surface area contributed by atoms with Crippen molar-refractivity contribution in [2.45, 2.75) is 27.2 Å². The van der Waals surface area contributed by atoms with E-state index in [9.17, 15) is 0 Å². The molecule has 0 aromatic heterocycles. The molecule has 0 aliphatic carbocycles. The molecule has 0 bridgehead atoms. The zero-order chi connectivity index (χ0) is 11.1. The minimum Gasteiger partial charge on any atom is -0.359 e. The lowest BCUT2D eigenvalue weighted by Crippen LogP contribution is -2.39. The van der Waals surface area contributed by atoms with Gasteiger partial charge in [0.05, 0.1) is 5.84 Å². The van der Waals surface area contributed by atoms with Crippen molar-refractivity contribution < 1.29 is 0 Å². The van der Waals surface area contributed by atoms with Gasteiger partial charge < -0.3 is 9.80 Å². The molecule has 0 amide bonds. The van der Waals surface area contributed by atoms with Crippen LogP contribution in [0, 0.1) is 11.3 Å². The zero-order valence-corrected chi connectivity index (χ0v) is 10.3. The van der Waals surface area contributed by atoms with E-state index in [0.717, 1.165) is 31.9 Å².